The number of benzene rings is 1. The smallest absolute Gasteiger partial charge is 0.0470 e. The first-order valence-corrected chi connectivity index (χ1v) is 9.14. The van der Waals surface area contributed by atoms with Gasteiger partial charge in [0, 0.05) is 45.8 Å². The number of fused-ring (bicyclic) bond motifs is 1. The first-order valence-electron chi connectivity index (χ1n) is 7.04. The number of hydrogen-bond acceptors (Lipinski definition) is 4. The maximum atomic E-state index is 4.45. The van der Waals surface area contributed by atoms with Crippen LogP contribution >= 0.6 is 23.5 Å². The van der Waals surface area contributed by atoms with Gasteiger partial charge in [-0.3, -0.25) is 4.98 Å². The minimum Gasteiger partial charge on any atom is -0.312 e. The van der Waals surface area contributed by atoms with Crippen molar-refractivity contribution in [3.63, 3.8) is 0 Å². The van der Waals surface area contributed by atoms with E-state index in [-0.39, 0.29) is 0 Å². The van der Waals surface area contributed by atoms with Gasteiger partial charge in [-0.15, -0.1) is 0 Å². The standard InChI is InChI=1S/C16H20N2S2/c1-11-16(20-8-7-19-11)15(17-2)14-10-18-9-12-5-3-4-6-13(12)14/h3-6,9-11,15-17H,7-8H2,1-2H3. The summed E-state index contributed by atoms with van der Waals surface area (Å²) in [7, 11) is 2.07. The van der Waals surface area contributed by atoms with Crippen molar-refractivity contribution < 1.29 is 0 Å². The van der Waals surface area contributed by atoms with Crippen molar-refractivity contribution in [2.45, 2.75) is 23.5 Å². The Morgan fingerprint density at radius 3 is 2.80 bits per heavy atom. The highest BCUT2D eigenvalue weighted by atomic mass is 32.2. The van der Waals surface area contributed by atoms with Crippen LogP contribution in [0, 0.1) is 0 Å². The van der Waals surface area contributed by atoms with Crippen molar-refractivity contribution in [1.82, 2.24) is 10.3 Å². The van der Waals surface area contributed by atoms with Gasteiger partial charge in [-0.05, 0) is 18.0 Å². The quantitative estimate of drug-likeness (QED) is 0.934. The third-order valence-corrected chi connectivity index (χ3v) is 7.11. The molecule has 106 valence electrons. The molecule has 1 fully saturated rings. The van der Waals surface area contributed by atoms with Crippen molar-refractivity contribution in [3.05, 3.63) is 42.2 Å². The van der Waals surface area contributed by atoms with Gasteiger partial charge in [0.25, 0.3) is 0 Å². The lowest BCUT2D eigenvalue weighted by atomic mass is 9.98. The second kappa shape index (κ2) is 6.37. The Balaban J connectivity index is 2.02. The third-order valence-electron chi connectivity index (χ3n) is 3.91. The zero-order valence-electron chi connectivity index (χ0n) is 11.9. The van der Waals surface area contributed by atoms with E-state index in [9.17, 15) is 0 Å². The Morgan fingerprint density at radius 1 is 1.20 bits per heavy atom. The van der Waals surface area contributed by atoms with Crippen LogP contribution in [0.25, 0.3) is 10.8 Å². The number of pyridine rings is 1. The first-order chi connectivity index (χ1) is 9.81. The summed E-state index contributed by atoms with van der Waals surface area (Å²) in [5.74, 6) is 2.52. The molecule has 0 radical (unpaired) electrons. The predicted octanol–water partition coefficient (Wildman–Crippen LogP) is 3.73. The minimum atomic E-state index is 0.362. The Kier molecular flexibility index (Phi) is 4.54. The monoisotopic (exact) mass is 304 g/mol. The molecule has 0 amide bonds. The van der Waals surface area contributed by atoms with Crippen LogP contribution in [0.4, 0.5) is 0 Å². The average molecular weight is 304 g/mol. The minimum absolute atomic E-state index is 0.362. The van der Waals surface area contributed by atoms with E-state index in [0.717, 1.165) is 0 Å². The van der Waals surface area contributed by atoms with Crippen LogP contribution in [0.15, 0.2) is 36.7 Å². The summed E-state index contributed by atoms with van der Waals surface area (Å²) >= 11 is 4.18. The fourth-order valence-electron chi connectivity index (χ4n) is 2.90. The fraction of sp³-hybridized carbons (Fsp3) is 0.438. The second-order valence-corrected chi connectivity index (χ2v) is 7.90. The number of thioether (sulfide) groups is 2. The molecule has 0 aliphatic carbocycles. The second-order valence-electron chi connectivity index (χ2n) is 5.13. The predicted molar refractivity (Wildman–Crippen MR) is 91.7 cm³/mol. The molecule has 2 nitrogen and oxygen atoms in total. The van der Waals surface area contributed by atoms with Crippen molar-refractivity contribution in [2.75, 3.05) is 18.6 Å². The maximum absolute atomic E-state index is 4.45. The zero-order chi connectivity index (χ0) is 13.9. The first kappa shape index (κ1) is 14.2. The lowest BCUT2D eigenvalue weighted by molar-refractivity contribution is 0.563. The average Bonchev–Trinajstić information content (AvgIpc) is 2.50. The molecule has 2 aromatic rings. The van der Waals surface area contributed by atoms with Crippen LogP contribution in [0.5, 0.6) is 0 Å². The van der Waals surface area contributed by atoms with Gasteiger partial charge in [-0.25, -0.2) is 0 Å². The van der Waals surface area contributed by atoms with E-state index in [2.05, 4.69) is 72.1 Å². The molecule has 2 heterocycles. The molecule has 3 rings (SSSR count). The van der Waals surface area contributed by atoms with E-state index in [1.807, 2.05) is 12.4 Å². The molecule has 1 aromatic heterocycles. The summed E-state index contributed by atoms with van der Waals surface area (Å²) in [5.41, 5.74) is 1.33. The number of nitrogens with zero attached hydrogens (tertiary/aromatic N) is 1. The number of rotatable bonds is 3. The summed E-state index contributed by atoms with van der Waals surface area (Å²) in [6.07, 6.45) is 3.99. The SMILES string of the molecule is CNC(c1cncc2ccccc12)C1SCCSC1C. The van der Waals surface area contributed by atoms with Crippen molar-refractivity contribution in [3.8, 4) is 0 Å². The normalized spacial score (nSPS) is 24.7. The number of nitrogens with one attached hydrogen (secondary N) is 1. The van der Waals surface area contributed by atoms with Gasteiger partial charge in [0.15, 0.2) is 0 Å². The highest BCUT2D eigenvalue weighted by Gasteiger charge is 2.31. The van der Waals surface area contributed by atoms with Gasteiger partial charge >= 0.3 is 0 Å². The summed E-state index contributed by atoms with van der Waals surface area (Å²) in [6, 6.07) is 8.91. The molecule has 1 aliphatic heterocycles. The summed E-state index contributed by atoms with van der Waals surface area (Å²) < 4.78 is 0. The number of aromatic nitrogens is 1. The molecule has 3 unspecified atom stereocenters. The Bertz CT molecular complexity index is 582. The zero-order valence-corrected chi connectivity index (χ0v) is 13.5. The van der Waals surface area contributed by atoms with E-state index in [1.54, 1.807) is 0 Å². The lowest BCUT2D eigenvalue weighted by Crippen LogP contribution is -2.36. The van der Waals surface area contributed by atoms with Crippen molar-refractivity contribution in [1.29, 1.82) is 0 Å². The molecule has 3 atom stereocenters. The van der Waals surface area contributed by atoms with Crippen molar-refractivity contribution >= 4 is 34.3 Å². The third kappa shape index (κ3) is 2.69. The summed E-state index contributed by atoms with van der Waals surface area (Å²) in [6.45, 7) is 2.35. The highest BCUT2D eigenvalue weighted by molar-refractivity contribution is 8.07. The highest BCUT2D eigenvalue weighted by Crippen LogP contribution is 2.39. The molecular formula is C16H20N2S2. The van der Waals surface area contributed by atoms with E-state index in [1.165, 1.54) is 27.8 Å². The topological polar surface area (TPSA) is 24.9 Å². The Hall–Kier alpha value is -0.710. The van der Waals surface area contributed by atoms with Gasteiger partial charge in [0.1, 0.15) is 0 Å². The van der Waals surface area contributed by atoms with Gasteiger partial charge in [-0.1, -0.05) is 31.2 Å². The van der Waals surface area contributed by atoms with Crippen LogP contribution in [0.2, 0.25) is 0 Å². The largest absolute Gasteiger partial charge is 0.312 e. The number of hydrogen-bond donors (Lipinski definition) is 1. The van der Waals surface area contributed by atoms with Gasteiger partial charge < -0.3 is 5.32 Å². The molecule has 20 heavy (non-hydrogen) atoms. The molecule has 0 bridgehead atoms. The maximum Gasteiger partial charge on any atom is 0.0470 e. The van der Waals surface area contributed by atoms with Gasteiger partial charge in [0.05, 0.1) is 0 Å². The Morgan fingerprint density at radius 2 is 2.00 bits per heavy atom. The van der Waals surface area contributed by atoms with Crippen LogP contribution in [-0.4, -0.2) is 34.0 Å². The molecule has 4 heteroatoms. The van der Waals surface area contributed by atoms with Gasteiger partial charge in [0.2, 0.25) is 0 Å². The summed E-state index contributed by atoms with van der Waals surface area (Å²) in [4.78, 5) is 4.45. The molecular weight excluding hydrogens is 284 g/mol. The van der Waals surface area contributed by atoms with E-state index >= 15 is 0 Å². The summed E-state index contributed by atoms with van der Waals surface area (Å²) in [5, 5.41) is 7.36. The van der Waals surface area contributed by atoms with Crippen LogP contribution in [0.1, 0.15) is 18.5 Å². The molecule has 0 spiro atoms. The molecule has 1 saturated heterocycles. The van der Waals surface area contributed by atoms with Crippen molar-refractivity contribution in [2.24, 2.45) is 0 Å². The van der Waals surface area contributed by atoms with Crippen LogP contribution in [-0.2, 0) is 0 Å². The fourth-order valence-corrected chi connectivity index (χ4v) is 5.88. The van der Waals surface area contributed by atoms with Crippen LogP contribution < -0.4 is 5.32 Å². The molecule has 1 aromatic carbocycles. The van der Waals surface area contributed by atoms with E-state index in [4.69, 9.17) is 0 Å². The van der Waals surface area contributed by atoms with E-state index < -0.39 is 0 Å². The van der Waals surface area contributed by atoms with Gasteiger partial charge in [-0.2, -0.15) is 23.5 Å². The molecule has 1 N–H and O–H groups in total. The molecule has 1 aliphatic rings. The lowest BCUT2D eigenvalue weighted by Gasteiger charge is -2.34. The van der Waals surface area contributed by atoms with Crippen LogP contribution in [0.3, 0.4) is 0 Å². The van der Waals surface area contributed by atoms with E-state index in [0.29, 0.717) is 16.5 Å². The Labute approximate surface area is 129 Å². The molecule has 0 saturated carbocycles.